The van der Waals surface area contributed by atoms with E-state index in [9.17, 15) is 23.1 Å². The number of hydrogen-bond donors (Lipinski definition) is 2. The van der Waals surface area contributed by atoms with E-state index in [1.807, 2.05) is 34.9 Å². The van der Waals surface area contributed by atoms with E-state index in [4.69, 9.17) is 0 Å². The highest BCUT2D eigenvalue weighted by atomic mass is 19.4. The molecule has 0 saturated carbocycles. The van der Waals surface area contributed by atoms with Crippen molar-refractivity contribution in [2.45, 2.75) is 25.6 Å². The number of aromatic nitrogens is 2. The number of carbonyl (C=O) groups is 1. The highest BCUT2D eigenvalue weighted by molar-refractivity contribution is 5.89. The Morgan fingerprint density at radius 2 is 1.97 bits per heavy atom. The van der Waals surface area contributed by atoms with E-state index in [0.717, 1.165) is 28.7 Å². The van der Waals surface area contributed by atoms with Crippen molar-refractivity contribution in [2.75, 3.05) is 31.1 Å². The number of halogens is 3. The topological polar surface area (TPSA) is 72.5 Å². The summed E-state index contributed by atoms with van der Waals surface area (Å²) < 4.78 is 38.4. The first kappa shape index (κ1) is 21.2. The number of rotatable bonds is 4. The highest BCUT2D eigenvalue weighted by Crippen LogP contribution is 2.32. The van der Waals surface area contributed by atoms with E-state index in [1.54, 1.807) is 6.20 Å². The number of fused-ring (bicyclic) bond motifs is 1. The second-order valence-electron chi connectivity index (χ2n) is 7.81. The summed E-state index contributed by atoms with van der Waals surface area (Å²) in [6, 6.07) is 7.48. The molecule has 1 aliphatic rings. The first-order valence-corrected chi connectivity index (χ1v) is 10.1. The Labute approximate surface area is 177 Å². The van der Waals surface area contributed by atoms with Crippen LogP contribution >= 0.6 is 0 Å². The van der Waals surface area contributed by atoms with E-state index in [1.165, 1.54) is 6.07 Å². The minimum atomic E-state index is -4.42. The lowest BCUT2D eigenvalue weighted by Crippen LogP contribution is -2.37. The molecule has 0 bridgehead atoms. The quantitative estimate of drug-likeness (QED) is 0.646. The van der Waals surface area contributed by atoms with Crippen molar-refractivity contribution < 1.29 is 23.1 Å². The number of nitrogens with one attached hydrogen (secondary N) is 1. The first-order valence-electron chi connectivity index (χ1n) is 10.1. The second kappa shape index (κ2) is 8.22. The van der Waals surface area contributed by atoms with Gasteiger partial charge in [-0.25, -0.2) is 4.98 Å². The van der Waals surface area contributed by atoms with Gasteiger partial charge in [-0.3, -0.25) is 9.69 Å². The zero-order valence-corrected chi connectivity index (χ0v) is 17.0. The lowest BCUT2D eigenvalue weighted by Gasteiger charge is -2.27. The van der Waals surface area contributed by atoms with E-state index in [2.05, 4.69) is 9.97 Å². The largest absolute Gasteiger partial charge is 0.480 e. The molecule has 2 N–H and O–H groups in total. The molecular weight excluding hydrogens is 409 g/mol. The first-order chi connectivity index (χ1) is 14.7. The summed E-state index contributed by atoms with van der Waals surface area (Å²) in [6.45, 7) is 4.05. The zero-order valence-electron chi connectivity index (χ0n) is 17.0. The number of nitrogens with zero attached hydrogens (tertiary/aromatic N) is 3. The van der Waals surface area contributed by atoms with E-state index < -0.39 is 23.8 Å². The molecule has 4 rings (SSSR count). The van der Waals surface area contributed by atoms with Crippen LogP contribution < -0.4 is 4.90 Å². The molecule has 0 spiro atoms. The Bertz CT molecular complexity index is 1080. The molecule has 1 fully saturated rings. The van der Waals surface area contributed by atoms with Gasteiger partial charge in [0.15, 0.2) is 0 Å². The molecular formula is C22H23F3N4O2. The van der Waals surface area contributed by atoms with Gasteiger partial charge in [0.2, 0.25) is 0 Å². The predicted octanol–water partition coefficient (Wildman–Crippen LogP) is 4.23. The van der Waals surface area contributed by atoms with Crippen molar-refractivity contribution in [3.8, 4) is 0 Å². The maximum atomic E-state index is 12.8. The van der Waals surface area contributed by atoms with E-state index in [-0.39, 0.29) is 0 Å². The van der Waals surface area contributed by atoms with Gasteiger partial charge in [-0.1, -0.05) is 11.6 Å². The number of anilines is 1. The maximum Gasteiger partial charge on any atom is 0.417 e. The van der Waals surface area contributed by atoms with Crippen molar-refractivity contribution >= 4 is 22.7 Å². The molecule has 31 heavy (non-hydrogen) atoms. The molecule has 1 atom stereocenters. The summed E-state index contributed by atoms with van der Waals surface area (Å²) in [5, 5.41) is 10.9. The van der Waals surface area contributed by atoms with Crippen LogP contribution in [0.3, 0.4) is 0 Å². The number of carboxylic acid groups (broad SMARTS) is 1. The van der Waals surface area contributed by atoms with Crippen molar-refractivity contribution in [3.63, 3.8) is 0 Å². The number of alkyl halides is 3. The average Bonchev–Trinajstić information content (AvgIpc) is 2.96. The molecule has 2 aromatic heterocycles. The normalized spacial score (nSPS) is 17.0. The summed E-state index contributed by atoms with van der Waals surface area (Å²) >= 11 is 0. The minimum Gasteiger partial charge on any atom is -0.480 e. The van der Waals surface area contributed by atoms with Gasteiger partial charge < -0.3 is 15.0 Å². The van der Waals surface area contributed by atoms with Gasteiger partial charge in [0, 0.05) is 55.0 Å². The summed E-state index contributed by atoms with van der Waals surface area (Å²) in [7, 11) is 0. The lowest BCUT2D eigenvalue weighted by molar-refractivity contribution is -0.143. The number of aryl methyl sites for hydroxylation is 1. The number of aliphatic carboxylic acids is 1. The van der Waals surface area contributed by atoms with Crippen LogP contribution in [0.4, 0.5) is 19.0 Å². The monoisotopic (exact) mass is 432 g/mol. The average molecular weight is 432 g/mol. The van der Waals surface area contributed by atoms with Crippen LogP contribution in [0.25, 0.3) is 10.9 Å². The fourth-order valence-electron chi connectivity index (χ4n) is 4.13. The second-order valence-corrected chi connectivity index (χ2v) is 7.81. The summed E-state index contributed by atoms with van der Waals surface area (Å²) in [5.74, 6) is -0.465. The van der Waals surface area contributed by atoms with Gasteiger partial charge in [0.1, 0.15) is 11.9 Å². The molecule has 164 valence electrons. The van der Waals surface area contributed by atoms with Gasteiger partial charge in [0.05, 0.1) is 5.56 Å². The van der Waals surface area contributed by atoms with Crippen LogP contribution in [0, 0.1) is 6.92 Å². The summed E-state index contributed by atoms with van der Waals surface area (Å²) in [4.78, 5) is 23.2. The van der Waals surface area contributed by atoms with Crippen LogP contribution in [0.1, 0.15) is 29.2 Å². The SMILES string of the molecule is Cc1ccc2[nH]cc(C(C(=O)O)N3CCCN(c4ccc(C(F)(F)F)cn4)CC3)c2c1. The molecule has 1 unspecified atom stereocenters. The van der Waals surface area contributed by atoms with Crippen LogP contribution in [0.15, 0.2) is 42.7 Å². The molecule has 0 radical (unpaired) electrons. The third-order valence-corrected chi connectivity index (χ3v) is 5.69. The molecule has 1 aliphatic heterocycles. The number of benzene rings is 1. The van der Waals surface area contributed by atoms with Gasteiger partial charge in [0.25, 0.3) is 0 Å². The summed E-state index contributed by atoms with van der Waals surface area (Å²) in [6.07, 6.45) is -1.16. The van der Waals surface area contributed by atoms with Crippen LogP contribution in [0.5, 0.6) is 0 Å². The minimum absolute atomic E-state index is 0.457. The number of pyridine rings is 1. The number of H-pyrrole nitrogens is 1. The van der Waals surface area contributed by atoms with Crippen molar-refractivity contribution in [2.24, 2.45) is 0 Å². The lowest BCUT2D eigenvalue weighted by atomic mass is 10.0. The number of carboxylic acids is 1. The van der Waals surface area contributed by atoms with Crippen LogP contribution in [-0.4, -0.2) is 52.1 Å². The smallest absolute Gasteiger partial charge is 0.417 e. The molecule has 0 aliphatic carbocycles. The van der Waals surface area contributed by atoms with Gasteiger partial charge in [-0.15, -0.1) is 0 Å². The molecule has 9 heteroatoms. The Morgan fingerprint density at radius 1 is 1.16 bits per heavy atom. The highest BCUT2D eigenvalue weighted by Gasteiger charge is 2.33. The fourth-order valence-corrected chi connectivity index (χ4v) is 4.13. The Balaban J connectivity index is 1.55. The maximum absolute atomic E-state index is 12.8. The molecule has 1 aromatic carbocycles. The third-order valence-electron chi connectivity index (χ3n) is 5.69. The van der Waals surface area contributed by atoms with Crippen molar-refractivity contribution in [1.29, 1.82) is 0 Å². The van der Waals surface area contributed by atoms with Crippen molar-refractivity contribution in [3.05, 3.63) is 59.4 Å². The van der Waals surface area contributed by atoms with E-state index >= 15 is 0 Å². The molecule has 1 saturated heterocycles. The molecule has 0 amide bonds. The van der Waals surface area contributed by atoms with Crippen LogP contribution in [0.2, 0.25) is 0 Å². The van der Waals surface area contributed by atoms with Gasteiger partial charge in [-0.2, -0.15) is 13.2 Å². The number of hydrogen-bond acceptors (Lipinski definition) is 4. The Morgan fingerprint density at radius 3 is 2.65 bits per heavy atom. The summed E-state index contributed by atoms with van der Waals surface area (Å²) in [5.41, 5.74) is 1.87. The fraction of sp³-hybridized carbons (Fsp3) is 0.364. The van der Waals surface area contributed by atoms with Gasteiger partial charge >= 0.3 is 12.1 Å². The molecule has 3 heterocycles. The number of aromatic amines is 1. The van der Waals surface area contributed by atoms with Crippen LogP contribution in [-0.2, 0) is 11.0 Å². The zero-order chi connectivity index (χ0) is 22.2. The molecule has 6 nitrogen and oxygen atoms in total. The molecule has 3 aromatic rings. The van der Waals surface area contributed by atoms with Gasteiger partial charge in [-0.05, 0) is 37.6 Å². The standard InChI is InChI=1S/C22H23F3N4O2/c1-14-3-5-18-16(11-14)17(13-26-18)20(21(30)31)29-8-2-7-28(9-10-29)19-6-4-15(12-27-19)22(23,24)25/h3-6,11-13,20,26H,2,7-10H2,1H3,(H,30,31). The Kier molecular flexibility index (Phi) is 5.62. The predicted molar refractivity (Wildman–Crippen MR) is 111 cm³/mol. The van der Waals surface area contributed by atoms with E-state index in [0.29, 0.717) is 44.0 Å². The van der Waals surface area contributed by atoms with Crippen molar-refractivity contribution in [1.82, 2.24) is 14.9 Å². The Hall–Kier alpha value is -3.07. The third kappa shape index (κ3) is 4.36.